The van der Waals surface area contributed by atoms with Crippen LogP contribution >= 0.6 is 11.3 Å². The number of hydrogen-bond acceptors (Lipinski definition) is 9. The Hall–Kier alpha value is -3.68. The van der Waals surface area contributed by atoms with Crippen molar-refractivity contribution in [1.82, 2.24) is 24.5 Å². The van der Waals surface area contributed by atoms with Crippen LogP contribution in [0.5, 0.6) is 5.06 Å². The van der Waals surface area contributed by atoms with Crippen LogP contribution in [0.15, 0.2) is 66.0 Å². The van der Waals surface area contributed by atoms with Crippen LogP contribution in [0.3, 0.4) is 0 Å². The Morgan fingerprint density at radius 3 is 2.74 bits per heavy atom. The van der Waals surface area contributed by atoms with E-state index in [2.05, 4.69) is 15.3 Å². The number of Topliss-reactive ketones (excluding diaryl/α,β-unsaturated/α-hetero) is 1. The van der Waals surface area contributed by atoms with Gasteiger partial charge in [0.25, 0.3) is 0 Å². The molecule has 3 aromatic rings. The zero-order chi connectivity index (χ0) is 27.6. The lowest BCUT2D eigenvalue weighted by molar-refractivity contribution is -0.138. The van der Waals surface area contributed by atoms with E-state index in [0.29, 0.717) is 24.3 Å². The largest absolute Gasteiger partial charge is 0.414 e. The average Bonchev–Trinajstić information content (AvgIpc) is 3.66. The molecule has 13 heteroatoms. The zero-order valence-electron chi connectivity index (χ0n) is 21.1. The monoisotopic (exact) mass is 569 g/mol. The fourth-order valence-corrected chi connectivity index (χ4v) is 7.43. The Labute approximate surface area is 229 Å². The van der Waals surface area contributed by atoms with Crippen LogP contribution in [0.2, 0.25) is 0 Å². The van der Waals surface area contributed by atoms with Crippen molar-refractivity contribution in [2.24, 2.45) is 0 Å². The van der Waals surface area contributed by atoms with E-state index in [-0.39, 0.29) is 23.8 Å². The molecule has 2 saturated heterocycles. The lowest BCUT2D eigenvalue weighted by Crippen LogP contribution is -2.52. The summed E-state index contributed by atoms with van der Waals surface area (Å²) in [4.78, 5) is 49.6. The minimum Gasteiger partial charge on any atom is -0.399 e. The Bertz CT molecular complexity index is 1460. The fourth-order valence-electron chi connectivity index (χ4n) is 5.01. The highest BCUT2D eigenvalue weighted by atomic mass is 32.2. The molecule has 3 aromatic heterocycles. The molecule has 2 amide bonds. The number of ether oxygens (including phenoxy) is 1. The first-order valence-corrected chi connectivity index (χ1v) is 14.8. The maximum absolute atomic E-state index is 13.5. The SMILES string of the molecule is CCCC(NC(=O)Oc1ccc(-c2ccccn2)s1)C(=O)N1CCC2C1C(=O)CN2S(=O)(=O)c1cccnc1. The van der Waals surface area contributed by atoms with Crippen LogP contribution in [0.4, 0.5) is 4.79 Å². The van der Waals surface area contributed by atoms with E-state index in [0.717, 1.165) is 14.9 Å². The second-order valence-electron chi connectivity index (χ2n) is 9.25. The Balaban J connectivity index is 1.27. The van der Waals surface area contributed by atoms with Gasteiger partial charge in [-0.25, -0.2) is 13.2 Å². The van der Waals surface area contributed by atoms with E-state index in [4.69, 9.17) is 4.74 Å². The summed E-state index contributed by atoms with van der Waals surface area (Å²) in [6.07, 6.45) is 4.84. The summed E-state index contributed by atoms with van der Waals surface area (Å²) in [5, 5.41) is 2.99. The zero-order valence-corrected chi connectivity index (χ0v) is 22.7. The molecule has 0 radical (unpaired) electrons. The van der Waals surface area contributed by atoms with Gasteiger partial charge >= 0.3 is 6.09 Å². The smallest absolute Gasteiger partial charge is 0.399 e. The molecule has 0 aromatic carbocycles. The molecular weight excluding hydrogens is 542 g/mol. The summed E-state index contributed by atoms with van der Waals surface area (Å²) in [5.41, 5.74) is 0.751. The Kier molecular flexibility index (Phi) is 7.73. The molecule has 5 rings (SSSR count). The van der Waals surface area contributed by atoms with Crippen molar-refractivity contribution in [3.8, 4) is 15.6 Å². The standard InChI is InChI=1S/C26H27N5O6S2/c1-2-6-19(29-26(34)37-23-10-9-22(38-23)18-8-3-4-13-28-18)25(33)30-14-11-20-24(30)21(32)16-31(20)39(35,36)17-7-5-12-27-15-17/h3-5,7-10,12-13,15,19-20,24H,2,6,11,14,16H2,1H3,(H,29,34). The molecule has 39 heavy (non-hydrogen) atoms. The molecule has 2 aliphatic rings. The molecule has 11 nitrogen and oxygen atoms in total. The van der Waals surface area contributed by atoms with E-state index in [1.54, 1.807) is 18.3 Å². The Morgan fingerprint density at radius 1 is 1.18 bits per heavy atom. The van der Waals surface area contributed by atoms with Gasteiger partial charge in [-0.05, 0) is 49.2 Å². The number of carbonyl (C=O) groups is 3. The highest BCUT2D eigenvalue weighted by molar-refractivity contribution is 7.89. The van der Waals surface area contributed by atoms with Gasteiger partial charge in [-0.1, -0.05) is 30.7 Å². The van der Waals surface area contributed by atoms with Crippen LogP contribution < -0.4 is 10.1 Å². The second-order valence-corrected chi connectivity index (χ2v) is 12.2. The molecule has 3 unspecified atom stereocenters. The third-order valence-electron chi connectivity index (χ3n) is 6.76. The van der Waals surface area contributed by atoms with Crippen molar-refractivity contribution in [2.45, 2.75) is 49.2 Å². The number of likely N-dealkylation sites (tertiary alicyclic amines) is 1. The minimum absolute atomic E-state index is 0.00345. The van der Waals surface area contributed by atoms with Crippen molar-refractivity contribution in [1.29, 1.82) is 0 Å². The quantitative estimate of drug-likeness (QED) is 0.437. The molecule has 3 atom stereocenters. The molecular formula is C26H27N5O6S2. The predicted molar refractivity (Wildman–Crippen MR) is 142 cm³/mol. The third-order valence-corrected chi connectivity index (χ3v) is 9.60. The number of carbonyl (C=O) groups excluding carboxylic acids is 3. The summed E-state index contributed by atoms with van der Waals surface area (Å²) in [5.74, 6) is -0.785. The molecule has 0 bridgehead atoms. The minimum atomic E-state index is -3.96. The highest BCUT2D eigenvalue weighted by Gasteiger charge is 2.54. The molecule has 1 N–H and O–H groups in total. The van der Waals surface area contributed by atoms with Crippen molar-refractivity contribution < 1.29 is 27.5 Å². The molecule has 5 heterocycles. The lowest BCUT2D eigenvalue weighted by atomic mass is 10.1. The van der Waals surface area contributed by atoms with Gasteiger partial charge in [-0.2, -0.15) is 4.31 Å². The van der Waals surface area contributed by atoms with E-state index in [1.807, 2.05) is 25.1 Å². The van der Waals surface area contributed by atoms with Gasteiger partial charge in [0.2, 0.25) is 15.9 Å². The van der Waals surface area contributed by atoms with Crippen molar-refractivity contribution in [2.75, 3.05) is 13.1 Å². The van der Waals surface area contributed by atoms with E-state index in [9.17, 15) is 22.8 Å². The Morgan fingerprint density at radius 2 is 2.03 bits per heavy atom. The highest BCUT2D eigenvalue weighted by Crippen LogP contribution is 2.35. The lowest BCUT2D eigenvalue weighted by Gasteiger charge is -2.28. The first kappa shape index (κ1) is 26.9. The second kappa shape index (κ2) is 11.2. The van der Waals surface area contributed by atoms with Gasteiger partial charge in [-0.3, -0.25) is 19.6 Å². The summed E-state index contributed by atoms with van der Waals surface area (Å²) in [6.45, 7) is 1.76. The first-order chi connectivity index (χ1) is 18.8. The van der Waals surface area contributed by atoms with E-state index >= 15 is 0 Å². The number of sulfonamides is 1. The number of pyridine rings is 2. The summed E-state index contributed by atoms with van der Waals surface area (Å²) in [7, 11) is -3.96. The maximum Gasteiger partial charge on any atom is 0.414 e. The summed E-state index contributed by atoms with van der Waals surface area (Å²) < 4.78 is 33.0. The van der Waals surface area contributed by atoms with Crippen LogP contribution in [0.1, 0.15) is 26.2 Å². The molecule has 0 saturated carbocycles. The summed E-state index contributed by atoms with van der Waals surface area (Å²) >= 11 is 1.25. The fraction of sp³-hybridized carbons (Fsp3) is 0.346. The number of aromatic nitrogens is 2. The number of thiophene rings is 1. The number of nitrogens with one attached hydrogen (secondary N) is 1. The molecule has 204 valence electrons. The molecule has 2 fully saturated rings. The molecule has 2 aliphatic heterocycles. The number of hydrogen-bond donors (Lipinski definition) is 1. The number of ketones is 1. The summed E-state index contributed by atoms with van der Waals surface area (Å²) in [6, 6.07) is 9.43. The van der Waals surface area contributed by atoms with Gasteiger partial charge in [-0.15, -0.1) is 0 Å². The van der Waals surface area contributed by atoms with Gasteiger partial charge < -0.3 is 15.0 Å². The number of fused-ring (bicyclic) bond motifs is 1. The van der Waals surface area contributed by atoms with Gasteiger partial charge in [0.05, 0.1) is 23.2 Å². The van der Waals surface area contributed by atoms with Crippen molar-refractivity contribution in [3.05, 3.63) is 61.1 Å². The normalized spacial score (nSPS) is 20.0. The molecule has 0 spiro atoms. The van der Waals surface area contributed by atoms with E-state index in [1.165, 1.54) is 40.8 Å². The van der Waals surface area contributed by atoms with Gasteiger partial charge in [0, 0.05) is 25.1 Å². The van der Waals surface area contributed by atoms with Gasteiger partial charge in [0.15, 0.2) is 10.8 Å². The van der Waals surface area contributed by atoms with E-state index < -0.39 is 40.1 Å². The predicted octanol–water partition coefficient (Wildman–Crippen LogP) is 2.71. The average molecular weight is 570 g/mol. The number of amides is 2. The topological polar surface area (TPSA) is 139 Å². The van der Waals surface area contributed by atoms with Crippen LogP contribution in [-0.4, -0.2) is 76.6 Å². The van der Waals surface area contributed by atoms with Crippen LogP contribution in [0, 0.1) is 0 Å². The number of nitrogens with zero attached hydrogens (tertiary/aromatic N) is 4. The van der Waals surface area contributed by atoms with Crippen LogP contribution in [-0.2, 0) is 19.6 Å². The first-order valence-electron chi connectivity index (χ1n) is 12.5. The maximum atomic E-state index is 13.5. The van der Waals surface area contributed by atoms with Crippen LogP contribution in [0.25, 0.3) is 10.6 Å². The molecule has 0 aliphatic carbocycles. The van der Waals surface area contributed by atoms with Gasteiger partial charge in [0.1, 0.15) is 17.0 Å². The van der Waals surface area contributed by atoms with Crippen molar-refractivity contribution in [3.63, 3.8) is 0 Å². The van der Waals surface area contributed by atoms with Crippen molar-refractivity contribution >= 4 is 39.1 Å². The third kappa shape index (κ3) is 5.42. The number of rotatable bonds is 8.